The number of aliphatic hydroxyl groups is 1. The van der Waals surface area contributed by atoms with E-state index in [0.29, 0.717) is 17.9 Å². The van der Waals surface area contributed by atoms with Crippen molar-refractivity contribution >= 4 is 5.65 Å². The van der Waals surface area contributed by atoms with Gasteiger partial charge in [0.1, 0.15) is 17.4 Å². The van der Waals surface area contributed by atoms with Crippen LogP contribution in [0.25, 0.3) is 28.0 Å². The second-order valence-electron chi connectivity index (χ2n) is 7.05. The SMILES string of the molecule is CC(C)(O)Cn1cc(-c2ccc(C#N)nc2-c2ccn3ccnc3c2)cn1. The van der Waals surface area contributed by atoms with Crippen molar-refractivity contribution in [3.8, 4) is 28.5 Å². The first-order chi connectivity index (χ1) is 12.9. The minimum Gasteiger partial charge on any atom is -0.389 e. The molecule has 4 aromatic heterocycles. The summed E-state index contributed by atoms with van der Waals surface area (Å²) in [5.41, 5.74) is 3.60. The summed E-state index contributed by atoms with van der Waals surface area (Å²) in [7, 11) is 0. The van der Waals surface area contributed by atoms with Crippen LogP contribution in [0.5, 0.6) is 0 Å². The predicted octanol–water partition coefficient (Wildman–Crippen LogP) is 2.90. The van der Waals surface area contributed by atoms with E-state index in [1.165, 1.54) is 0 Å². The molecule has 0 spiro atoms. The van der Waals surface area contributed by atoms with Gasteiger partial charge in [-0.25, -0.2) is 9.97 Å². The van der Waals surface area contributed by atoms with Gasteiger partial charge in [-0.2, -0.15) is 10.4 Å². The number of imidazole rings is 1. The lowest BCUT2D eigenvalue weighted by molar-refractivity contribution is 0.0577. The molecule has 4 aromatic rings. The van der Waals surface area contributed by atoms with E-state index in [1.54, 1.807) is 37.0 Å². The van der Waals surface area contributed by atoms with Gasteiger partial charge in [-0.15, -0.1) is 0 Å². The number of nitrogens with zero attached hydrogens (tertiary/aromatic N) is 6. The fraction of sp³-hybridized carbons (Fsp3) is 0.200. The third kappa shape index (κ3) is 3.43. The van der Waals surface area contributed by atoms with E-state index in [1.807, 2.05) is 41.2 Å². The maximum absolute atomic E-state index is 10.0. The minimum absolute atomic E-state index is 0.348. The van der Waals surface area contributed by atoms with Crippen LogP contribution >= 0.6 is 0 Å². The van der Waals surface area contributed by atoms with Crippen LogP contribution in [-0.2, 0) is 6.54 Å². The highest BCUT2D eigenvalue weighted by atomic mass is 16.3. The maximum Gasteiger partial charge on any atom is 0.141 e. The van der Waals surface area contributed by atoms with Crippen molar-refractivity contribution in [1.82, 2.24) is 24.1 Å². The number of fused-ring (bicyclic) bond motifs is 1. The third-order valence-electron chi connectivity index (χ3n) is 4.17. The molecule has 0 atom stereocenters. The lowest BCUT2D eigenvalue weighted by atomic mass is 10.0. The van der Waals surface area contributed by atoms with Crippen molar-refractivity contribution in [3.63, 3.8) is 0 Å². The lowest BCUT2D eigenvalue weighted by Gasteiger charge is -2.16. The summed E-state index contributed by atoms with van der Waals surface area (Å²) in [6.45, 7) is 3.86. The van der Waals surface area contributed by atoms with Gasteiger partial charge in [0.05, 0.1) is 24.0 Å². The van der Waals surface area contributed by atoms with Gasteiger partial charge in [0.2, 0.25) is 0 Å². The van der Waals surface area contributed by atoms with E-state index in [9.17, 15) is 10.4 Å². The zero-order chi connectivity index (χ0) is 19.0. The predicted molar refractivity (Wildman–Crippen MR) is 101 cm³/mol. The Balaban J connectivity index is 1.83. The van der Waals surface area contributed by atoms with Gasteiger partial charge in [-0.3, -0.25) is 4.68 Å². The van der Waals surface area contributed by atoms with Crippen molar-refractivity contribution in [2.75, 3.05) is 0 Å². The Hall–Kier alpha value is -3.50. The summed E-state index contributed by atoms with van der Waals surface area (Å²) in [6, 6.07) is 9.56. The van der Waals surface area contributed by atoms with Crippen LogP contribution in [-0.4, -0.2) is 34.9 Å². The van der Waals surface area contributed by atoms with E-state index in [2.05, 4.69) is 21.1 Å². The molecule has 0 unspecified atom stereocenters. The monoisotopic (exact) mass is 358 g/mol. The molecule has 7 heteroatoms. The largest absolute Gasteiger partial charge is 0.389 e. The molecule has 7 nitrogen and oxygen atoms in total. The molecule has 4 rings (SSSR count). The Morgan fingerprint density at radius 3 is 2.81 bits per heavy atom. The molecular weight excluding hydrogens is 340 g/mol. The number of aromatic nitrogens is 5. The van der Waals surface area contributed by atoms with Crippen LogP contribution in [0.4, 0.5) is 0 Å². The molecule has 0 saturated carbocycles. The zero-order valence-electron chi connectivity index (χ0n) is 15.0. The van der Waals surface area contributed by atoms with E-state index >= 15 is 0 Å². The summed E-state index contributed by atoms with van der Waals surface area (Å²) in [5.74, 6) is 0. The number of rotatable bonds is 4. The van der Waals surface area contributed by atoms with Gasteiger partial charge in [-0.05, 0) is 38.1 Å². The van der Waals surface area contributed by atoms with E-state index in [0.717, 1.165) is 22.3 Å². The quantitative estimate of drug-likeness (QED) is 0.605. The molecule has 0 fully saturated rings. The summed E-state index contributed by atoms with van der Waals surface area (Å²) >= 11 is 0. The van der Waals surface area contributed by atoms with Crippen molar-refractivity contribution in [2.45, 2.75) is 26.0 Å². The summed E-state index contributed by atoms with van der Waals surface area (Å²) in [4.78, 5) is 8.85. The van der Waals surface area contributed by atoms with E-state index in [-0.39, 0.29) is 0 Å². The average molecular weight is 358 g/mol. The highest BCUT2D eigenvalue weighted by molar-refractivity contribution is 5.81. The lowest BCUT2D eigenvalue weighted by Crippen LogP contribution is -2.26. The standard InChI is InChI=1S/C20H18N6O/c1-20(2,27)13-26-12-15(11-23-26)17-4-3-16(10-21)24-19(17)14-5-7-25-8-6-22-18(25)9-14/h3-9,11-12,27H,13H2,1-2H3. The molecule has 0 radical (unpaired) electrons. The fourth-order valence-corrected chi connectivity index (χ4v) is 3.02. The van der Waals surface area contributed by atoms with Gasteiger partial charge in [-0.1, -0.05) is 0 Å². The van der Waals surface area contributed by atoms with Crippen molar-refractivity contribution in [2.24, 2.45) is 0 Å². The minimum atomic E-state index is -0.860. The van der Waals surface area contributed by atoms with Crippen LogP contribution in [0.1, 0.15) is 19.5 Å². The molecule has 1 N–H and O–H groups in total. The Morgan fingerprint density at radius 1 is 1.19 bits per heavy atom. The molecular formula is C20H18N6O. The molecule has 0 bridgehead atoms. The van der Waals surface area contributed by atoms with Gasteiger partial charge < -0.3 is 9.51 Å². The van der Waals surface area contributed by atoms with Crippen LogP contribution in [0.3, 0.4) is 0 Å². The first-order valence-electron chi connectivity index (χ1n) is 8.52. The summed E-state index contributed by atoms with van der Waals surface area (Å²) < 4.78 is 3.62. The normalized spacial score (nSPS) is 11.6. The molecule has 27 heavy (non-hydrogen) atoms. The third-order valence-corrected chi connectivity index (χ3v) is 4.17. The van der Waals surface area contributed by atoms with Crippen molar-refractivity contribution in [1.29, 1.82) is 5.26 Å². The maximum atomic E-state index is 10.0. The van der Waals surface area contributed by atoms with Crippen molar-refractivity contribution in [3.05, 3.63) is 60.9 Å². The van der Waals surface area contributed by atoms with Crippen LogP contribution in [0.15, 0.2) is 55.2 Å². The van der Waals surface area contributed by atoms with Crippen LogP contribution in [0, 0.1) is 11.3 Å². The zero-order valence-corrected chi connectivity index (χ0v) is 15.0. The molecule has 0 aliphatic carbocycles. The Bertz CT molecular complexity index is 1160. The second-order valence-corrected chi connectivity index (χ2v) is 7.05. The highest BCUT2D eigenvalue weighted by Gasteiger charge is 2.17. The van der Waals surface area contributed by atoms with Crippen molar-refractivity contribution < 1.29 is 5.11 Å². The Labute approximate surface area is 156 Å². The van der Waals surface area contributed by atoms with E-state index in [4.69, 9.17) is 0 Å². The van der Waals surface area contributed by atoms with Crippen LogP contribution < -0.4 is 0 Å². The molecule has 0 amide bonds. The molecule has 134 valence electrons. The molecule has 0 aliphatic rings. The molecule has 0 aliphatic heterocycles. The Kier molecular flexibility index (Phi) is 3.98. The highest BCUT2D eigenvalue weighted by Crippen LogP contribution is 2.31. The number of nitriles is 1. The van der Waals surface area contributed by atoms with Crippen LogP contribution in [0.2, 0.25) is 0 Å². The fourth-order valence-electron chi connectivity index (χ4n) is 3.02. The topological polar surface area (TPSA) is 92.0 Å². The molecule has 0 aromatic carbocycles. The smallest absolute Gasteiger partial charge is 0.141 e. The van der Waals surface area contributed by atoms with Gasteiger partial charge >= 0.3 is 0 Å². The second kappa shape index (κ2) is 6.34. The summed E-state index contributed by atoms with van der Waals surface area (Å²) in [6.07, 6.45) is 9.14. The van der Waals surface area contributed by atoms with Gasteiger partial charge in [0.15, 0.2) is 0 Å². The molecule has 0 saturated heterocycles. The number of hydrogen-bond donors (Lipinski definition) is 1. The van der Waals surface area contributed by atoms with E-state index < -0.39 is 5.60 Å². The summed E-state index contributed by atoms with van der Waals surface area (Å²) in [5, 5.41) is 23.6. The number of pyridine rings is 2. The average Bonchev–Trinajstić information content (AvgIpc) is 3.28. The Morgan fingerprint density at radius 2 is 2.04 bits per heavy atom. The number of hydrogen-bond acceptors (Lipinski definition) is 5. The van der Waals surface area contributed by atoms with Gasteiger partial charge in [0, 0.05) is 41.5 Å². The molecule has 4 heterocycles. The van der Waals surface area contributed by atoms with Gasteiger partial charge in [0.25, 0.3) is 0 Å². The first kappa shape index (κ1) is 16.9. The first-order valence-corrected chi connectivity index (χ1v) is 8.52.